The molecule has 0 radical (unpaired) electrons. The smallest absolute Gasteiger partial charge is 0.437 e. The van der Waals surface area contributed by atoms with E-state index in [0.717, 1.165) is 0 Å². The van der Waals surface area contributed by atoms with E-state index < -0.39 is 114 Å². The van der Waals surface area contributed by atoms with Crippen LogP contribution < -0.4 is 11.5 Å². The zero-order valence-corrected chi connectivity index (χ0v) is 35.2. The van der Waals surface area contributed by atoms with Crippen molar-refractivity contribution in [1.82, 2.24) is 39.0 Å². The van der Waals surface area contributed by atoms with Crippen LogP contribution >= 0.6 is 15.6 Å². The zero-order valence-electron chi connectivity index (χ0n) is 33.5. The van der Waals surface area contributed by atoms with Crippen molar-refractivity contribution >= 4 is 61.5 Å². The lowest BCUT2D eigenvalue weighted by atomic mass is 9.98. The molecule has 10 atom stereocenters. The van der Waals surface area contributed by atoms with Gasteiger partial charge in [0, 0.05) is 11.8 Å². The topological polar surface area (TPSA) is 281 Å². The van der Waals surface area contributed by atoms with E-state index in [2.05, 4.69) is 29.9 Å². The summed E-state index contributed by atoms with van der Waals surface area (Å²) in [6.45, 7) is 6.30. The van der Waals surface area contributed by atoms with E-state index in [4.69, 9.17) is 48.1 Å². The van der Waals surface area contributed by atoms with Crippen LogP contribution in [0.25, 0.3) is 22.3 Å². The van der Waals surface area contributed by atoms with Gasteiger partial charge in [-0.05, 0) is 54.4 Å². The summed E-state index contributed by atoms with van der Waals surface area (Å²) in [4.78, 5) is 49.9. The number of phosphoric acid groups is 2. The minimum absolute atomic E-state index is 0.0364. The minimum atomic E-state index is -4.95. The van der Waals surface area contributed by atoms with Crippen LogP contribution in [0.3, 0.4) is 0 Å². The molecular weight excluding hydrogens is 840 g/mol. The number of ether oxygens (including phenoxy) is 2. The molecule has 0 bridgehead atoms. The molecular formula is C34H46F2N10O12P2. The highest BCUT2D eigenvalue weighted by Crippen LogP contribution is 2.60. The summed E-state index contributed by atoms with van der Waals surface area (Å²) in [5, 5.41) is 0. The van der Waals surface area contributed by atoms with Gasteiger partial charge in [-0.25, -0.2) is 56.9 Å². The Kier molecular flexibility index (Phi) is 12.1. The molecule has 0 amide bonds. The minimum Gasteiger partial charge on any atom is -0.437 e. The quantitative estimate of drug-likeness (QED) is 0.137. The molecule has 0 aromatic carbocycles. The molecule has 4 N–H and O–H groups in total. The predicted molar refractivity (Wildman–Crippen MR) is 203 cm³/mol. The zero-order chi connectivity index (χ0) is 43.4. The summed E-state index contributed by atoms with van der Waals surface area (Å²) >= 11 is 0. The third-order valence-electron chi connectivity index (χ3n) is 10.3. The van der Waals surface area contributed by atoms with Crippen molar-refractivity contribution in [2.45, 2.75) is 91.0 Å². The van der Waals surface area contributed by atoms with Gasteiger partial charge in [0.1, 0.15) is 48.2 Å². The summed E-state index contributed by atoms with van der Waals surface area (Å²) in [6, 6.07) is -2.26. The molecule has 2 aliphatic carbocycles. The van der Waals surface area contributed by atoms with Gasteiger partial charge >= 0.3 is 27.6 Å². The van der Waals surface area contributed by atoms with Crippen LogP contribution in [-0.4, -0.2) is 102 Å². The van der Waals surface area contributed by atoms with Crippen molar-refractivity contribution < 1.29 is 64.1 Å². The summed E-state index contributed by atoms with van der Waals surface area (Å²) in [5.74, 6) is -3.64. The van der Waals surface area contributed by atoms with Crippen molar-refractivity contribution in [1.29, 1.82) is 0 Å². The first-order valence-corrected chi connectivity index (χ1v) is 21.7. The molecule has 26 heteroatoms. The third kappa shape index (κ3) is 8.87. The number of nitrogens with zero attached hydrogens (tertiary/aromatic N) is 8. The Morgan fingerprint density at radius 1 is 0.700 bits per heavy atom. The molecule has 2 saturated carbocycles. The van der Waals surface area contributed by atoms with Gasteiger partial charge in [0.25, 0.3) is 0 Å². The van der Waals surface area contributed by atoms with Gasteiger partial charge in [0.05, 0.1) is 48.8 Å². The lowest BCUT2D eigenvalue weighted by Crippen LogP contribution is -2.34. The Hall–Kier alpha value is -4.28. The number of carbonyl (C=O) groups is 2. The summed E-state index contributed by atoms with van der Waals surface area (Å²) in [5.41, 5.74) is 10.7. The number of rotatable bonds is 8. The fraction of sp³-hybridized carbons (Fsp3) is 0.647. The van der Waals surface area contributed by atoms with E-state index >= 15 is 8.78 Å². The maximum atomic E-state index is 16.9. The van der Waals surface area contributed by atoms with Gasteiger partial charge in [-0.3, -0.25) is 27.7 Å². The molecule has 328 valence electrons. The lowest BCUT2D eigenvalue weighted by molar-refractivity contribution is -0.161. The van der Waals surface area contributed by atoms with Crippen molar-refractivity contribution in [2.24, 2.45) is 22.7 Å². The van der Waals surface area contributed by atoms with Crippen LogP contribution in [0.1, 0.15) is 66.5 Å². The number of hydrogen-bond acceptors (Lipinski definition) is 20. The number of esters is 2. The third-order valence-corrected chi connectivity index (χ3v) is 13.1. The van der Waals surface area contributed by atoms with E-state index in [1.54, 1.807) is 41.5 Å². The van der Waals surface area contributed by atoms with Crippen LogP contribution in [0.15, 0.2) is 25.3 Å². The summed E-state index contributed by atoms with van der Waals surface area (Å²) in [6.07, 6.45) is -2.80. The Morgan fingerprint density at radius 2 is 1.08 bits per heavy atom. The fourth-order valence-corrected chi connectivity index (χ4v) is 9.75. The number of alkyl halides is 2. The fourth-order valence-electron chi connectivity index (χ4n) is 7.07. The normalized spacial score (nSPS) is 31.6. The number of phosphoric ester groups is 2. The Morgan fingerprint density at radius 3 is 1.45 bits per heavy atom. The number of anilines is 2. The number of fused-ring (bicyclic) bond motifs is 4. The van der Waals surface area contributed by atoms with Gasteiger partial charge in [-0.1, -0.05) is 0 Å². The van der Waals surface area contributed by atoms with Gasteiger partial charge in [0.15, 0.2) is 22.9 Å². The Labute approximate surface area is 341 Å². The first-order valence-electron chi connectivity index (χ1n) is 18.8. The van der Waals surface area contributed by atoms with E-state index in [9.17, 15) is 18.7 Å². The number of imidazole rings is 2. The SMILES string of the molecule is CC(C)(C)C(=O)OCOP1(=O)OC[C@H]2C[C@@H](n3cnc4c(N)ncnc43)C(F)C2OP(=O)(OCOC(=O)C(C)(C)C)OC[C@H]2C[C@@H](n3cnc4c(N)ncnc43)C(F)C2O1. The number of hydrogen-bond donors (Lipinski definition) is 2. The summed E-state index contributed by atoms with van der Waals surface area (Å²) < 4.78 is 111. The van der Waals surface area contributed by atoms with Crippen molar-refractivity contribution in [2.75, 3.05) is 38.3 Å². The molecule has 0 spiro atoms. The molecule has 6 unspecified atom stereocenters. The average molecular weight is 887 g/mol. The van der Waals surface area contributed by atoms with Gasteiger partial charge in [-0.15, -0.1) is 0 Å². The summed E-state index contributed by atoms with van der Waals surface area (Å²) in [7, 11) is -9.89. The van der Waals surface area contributed by atoms with Crippen LogP contribution in [0, 0.1) is 22.7 Å². The van der Waals surface area contributed by atoms with Crippen LogP contribution in [0.5, 0.6) is 0 Å². The molecule has 3 fully saturated rings. The van der Waals surface area contributed by atoms with Gasteiger partial charge in [0.2, 0.25) is 13.6 Å². The molecule has 1 saturated heterocycles. The molecule has 1 aliphatic heterocycles. The van der Waals surface area contributed by atoms with E-state index in [1.165, 1.54) is 34.4 Å². The average Bonchev–Trinajstić information content (AvgIpc) is 3.94. The van der Waals surface area contributed by atoms with Crippen LogP contribution in [0.4, 0.5) is 20.4 Å². The second kappa shape index (κ2) is 16.5. The lowest BCUT2D eigenvalue weighted by Gasteiger charge is -2.31. The van der Waals surface area contributed by atoms with Gasteiger partial charge in [-0.2, -0.15) is 0 Å². The first kappa shape index (κ1) is 43.8. The van der Waals surface area contributed by atoms with Gasteiger partial charge < -0.3 is 30.1 Å². The highest BCUT2D eigenvalue weighted by Gasteiger charge is 2.55. The van der Waals surface area contributed by atoms with Crippen molar-refractivity contribution in [3.05, 3.63) is 25.3 Å². The van der Waals surface area contributed by atoms with E-state index in [0.29, 0.717) is 0 Å². The highest BCUT2D eigenvalue weighted by molar-refractivity contribution is 7.48. The molecule has 22 nitrogen and oxygen atoms in total. The molecule has 60 heavy (non-hydrogen) atoms. The largest absolute Gasteiger partial charge is 0.478 e. The molecule has 4 aromatic heterocycles. The molecule has 4 aromatic rings. The Balaban J connectivity index is 1.24. The molecule has 7 rings (SSSR count). The van der Waals surface area contributed by atoms with Crippen LogP contribution in [-0.2, 0) is 55.3 Å². The van der Waals surface area contributed by atoms with Crippen molar-refractivity contribution in [3.8, 4) is 0 Å². The number of halogens is 2. The van der Waals surface area contributed by atoms with E-state index in [1.807, 2.05) is 0 Å². The number of nitrogens with two attached hydrogens (primary N) is 2. The monoisotopic (exact) mass is 886 g/mol. The highest BCUT2D eigenvalue weighted by atomic mass is 31.2. The molecule has 5 heterocycles. The molecule has 3 aliphatic rings. The second-order valence-electron chi connectivity index (χ2n) is 16.7. The van der Waals surface area contributed by atoms with Crippen molar-refractivity contribution in [3.63, 3.8) is 0 Å². The standard InChI is InChI=1S/C34H46F2N10O12P2/c1-33(2,3)31(47)51-15-55-59(49)53-9-17-7-20(46-14-44-24-28(38)40-12-42-30(24)46)22(36)26(17)58-60(50,56-16-52-32(48)34(4,5)6)54-10-18-8-19(21(35)25(18)57-59)45-13-43-23-27(37)39-11-41-29(23)45/h11-14,17-22,25-26H,7-10,15-16H2,1-6H3,(H2,37,39,41)(H2,38,40,42)/t17-,18-,19-,20-,21?,22?,25?,26?,59?,60?/m1/s1. The van der Waals surface area contributed by atoms with E-state index in [-0.39, 0.29) is 46.8 Å². The second-order valence-corrected chi connectivity index (χ2v) is 19.9. The maximum absolute atomic E-state index is 16.9. The maximum Gasteiger partial charge on any atom is 0.478 e. The van der Waals surface area contributed by atoms with Crippen LogP contribution in [0.2, 0.25) is 0 Å². The number of aromatic nitrogens is 8. The Bertz CT molecular complexity index is 2180. The first-order chi connectivity index (χ1) is 28.2. The predicted octanol–water partition coefficient (Wildman–Crippen LogP) is 4.79. The number of nitrogen functional groups attached to an aromatic ring is 2. The number of carbonyl (C=O) groups excluding carboxylic acids is 2.